The van der Waals surface area contributed by atoms with Crippen molar-refractivity contribution in [1.29, 1.82) is 0 Å². The van der Waals surface area contributed by atoms with Gasteiger partial charge >= 0.3 is 5.97 Å². The number of primary amides is 1. The summed E-state index contributed by atoms with van der Waals surface area (Å²) in [5, 5.41) is 14.0. The number of likely N-dealkylation sites (N-methyl/N-ethyl adjacent to an activating group) is 1. The zero-order chi connectivity index (χ0) is 14.1. The van der Waals surface area contributed by atoms with Crippen LogP contribution in [0.25, 0.3) is 0 Å². The fourth-order valence-corrected chi connectivity index (χ4v) is 2.55. The number of amides is 1. The Hall–Kier alpha value is -1.94. The first kappa shape index (κ1) is 14.1. The summed E-state index contributed by atoms with van der Waals surface area (Å²) in [6, 6.07) is 0. The van der Waals surface area contributed by atoms with Gasteiger partial charge in [-0.1, -0.05) is 0 Å². The van der Waals surface area contributed by atoms with E-state index in [1.54, 1.807) is 0 Å². The van der Waals surface area contributed by atoms with Gasteiger partial charge in [0.05, 0.1) is 6.54 Å². The van der Waals surface area contributed by atoms with Crippen molar-refractivity contribution >= 4 is 21.9 Å². The van der Waals surface area contributed by atoms with Gasteiger partial charge in [-0.2, -0.15) is 9.40 Å². The first-order valence-electron chi connectivity index (χ1n) is 4.70. The molecule has 0 aromatic carbocycles. The van der Waals surface area contributed by atoms with Gasteiger partial charge in [0.2, 0.25) is 10.9 Å². The van der Waals surface area contributed by atoms with Gasteiger partial charge in [-0.3, -0.25) is 9.89 Å². The number of aromatic amines is 1. The second kappa shape index (κ2) is 4.74. The summed E-state index contributed by atoms with van der Waals surface area (Å²) in [5.41, 5.74) is 4.53. The van der Waals surface area contributed by atoms with Crippen LogP contribution < -0.4 is 5.73 Å². The lowest BCUT2D eigenvalue weighted by atomic mass is 10.3. The molecule has 1 aromatic heterocycles. The predicted molar refractivity (Wildman–Crippen MR) is 59.3 cm³/mol. The number of carboxylic acids is 1. The number of carbonyl (C=O) groups excluding carboxylic acids is 1. The summed E-state index contributed by atoms with van der Waals surface area (Å²) in [6.45, 7) is 0.816. The fourth-order valence-electron chi connectivity index (χ4n) is 1.30. The smallest absolute Gasteiger partial charge is 0.340 e. The molecule has 0 unspecified atom stereocenters. The number of aromatic carboxylic acids is 1. The number of nitrogens with two attached hydrogens (primary N) is 1. The van der Waals surface area contributed by atoms with Gasteiger partial charge in [0.1, 0.15) is 5.56 Å². The van der Waals surface area contributed by atoms with Crippen LogP contribution in [-0.4, -0.2) is 53.5 Å². The molecule has 0 aliphatic rings. The molecule has 9 nitrogen and oxygen atoms in total. The summed E-state index contributed by atoms with van der Waals surface area (Å²) < 4.78 is 24.6. The average Bonchev–Trinajstić information content (AvgIpc) is 2.59. The van der Waals surface area contributed by atoms with Crippen molar-refractivity contribution < 1.29 is 23.1 Å². The largest absolute Gasteiger partial charge is 0.478 e. The number of H-pyrrole nitrogens is 1. The number of nitrogens with one attached hydrogen (secondary N) is 1. The molecule has 10 heteroatoms. The fraction of sp³-hybridized carbons (Fsp3) is 0.375. The highest BCUT2D eigenvalue weighted by atomic mass is 32.2. The zero-order valence-corrected chi connectivity index (χ0v) is 10.5. The molecule has 1 rings (SSSR count). The van der Waals surface area contributed by atoms with E-state index in [1.165, 1.54) is 6.92 Å². The monoisotopic (exact) mass is 276 g/mol. The molecule has 18 heavy (non-hydrogen) atoms. The lowest BCUT2D eigenvalue weighted by Gasteiger charge is -2.13. The summed E-state index contributed by atoms with van der Waals surface area (Å²) in [6.07, 6.45) is 0. The van der Waals surface area contributed by atoms with E-state index in [1.807, 2.05) is 0 Å². The lowest BCUT2D eigenvalue weighted by molar-refractivity contribution is -0.118. The van der Waals surface area contributed by atoms with Gasteiger partial charge in [-0.15, -0.1) is 0 Å². The van der Waals surface area contributed by atoms with Crippen LogP contribution in [0.2, 0.25) is 0 Å². The van der Waals surface area contributed by atoms with Gasteiger partial charge in [-0.05, 0) is 6.92 Å². The Morgan fingerprint density at radius 2 is 2.06 bits per heavy atom. The molecule has 0 saturated heterocycles. The maximum Gasteiger partial charge on any atom is 0.340 e. The molecule has 0 aliphatic carbocycles. The summed E-state index contributed by atoms with van der Waals surface area (Å²) in [7, 11) is -3.07. The van der Waals surface area contributed by atoms with Crippen LogP contribution in [0.1, 0.15) is 16.1 Å². The Labute approximate surface area is 103 Å². The number of nitrogens with zero attached hydrogens (tertiary/aromatic N) is 2. The van der Waals surface area contributed by atoms with Crippen LogP contribution in [0.15, 0.2) is 5.03 Å². The number of aryl methyl sites for hydroxylation is 1. The molecule has 0 spiro atoms. The molecule has 0 bridgehead atoms. The molecule has 0 saturated carbocycles. The maximum absolute atomic E-state index is 12.0. The van der Waals surface area contributed by atoms with Gasteiger partial charge in [0.25, 0.3) is 10.0 Å². The quantitative estimate of drug-likeness (QED) is 0.597. The molecule has 4 N–H and O–H groups in total. The number of rotatable bonds is 5. The van der Waals surface area contributed by atoms with E-state index < -0.39 is 39.0 Å². The lowest BCUT2D eigenvalue weighted by Crippen LogP contribution is -2.36. The van der Waals surface area contributed by atoms with Crippen molar-refractivity contribution in [3.63, 3.8) is 0 Å². The molecule has 0 radical (unpaired) electrons. The second-order valence-electron chi connectivity index (χ2n) is 3.56. The third kappa shape index (κ3) is 2.49. The van der Waals surface area contributed by atoms with Crippen LogP contribution >= 0.6 is 0 Å². The van der Waals surface area contributed by atoms with Gasteiger partial charge < -0.3 is 10.8 Å². The molecular formula is C8H12N4O5S. The molecule has 0 atom stereocenters. The predicted octanol–water partition coefficient (Wildman–Crippen LogP) is -1.48. The van der Waals surface area contributed by atoms with Crippen LogP contribution in [-0.2, 0) is 14.8 Å². The first-order valence-corrected chi connectivity index (χ1v) is 6.14. The molecule has 0 aliphatic heterocycles. The number of hydrogen-bond donors (Lipinski definition) is 3. The number of carbonyl (C=O) groups is 2. The minimum atomic E-state index is -4.18. The molecule has 1 aromatic rings. The minimum absolute atomic E-state index is 0.105. The number of aromatic nitrogens is 2. The van der Waals surface area contributed by atoms with E-state index in [0.717, 1.165) is 7.05 Å². The Bertz CT molecular complexity index is 591. The summed E-state index contributed by atoms with van der Waals surface area (Å²) in [4.78, 5) is 21.6. The Balaban J connectivity index is 3.29. The van der Waals surface area contributed by atoms with Crippen LogP contribution in [0.5, 0.6) is 0 Å². The zero-order valence-electron chi connectivity index (χ0n) is 9.67. The van der Waals surface area contributed by atoms with E-state index in [9.17, 15) is 18.0 Å². The number of hydrogen-bond acceptors (Lipinski definition) is 5. The van der Waals surface area contributed by atoms with E-state index in [2.05, 4.69) is 10.2 Å². The Morgan fingerprint density at radius 1 is 1.50 bits per heavy atom. The molecular weight excluding hydrogens is 264 g/mol. The maximum atomic E-state index is 12.0. The highest BCUT2D eigenvalue weighted by molar-refractivity contribution is 7.89. The van der Waals surface area contributed by atoms with Gasteiger partial charge in [0, 0.05) is 12.7 Å². The van der Waals surface area contributed by atoms with Crippen LogP contribution in [0.4, 0.5) is 0 Å². The second-order valence-corrected chi connectivity index (χ2v) is 5.52. The third-order valence-electron chi connectivity index (χ3n) is 2.16. The normalized spacial score (nSPS) is 11.7. The van der Waals surface area contributed by atoms with Gasteiger partial charge in [0.15, 0.2) is 0 Å². The van der Waals surface area contributed by atoms with Crippen molar-refractivity contribution in [2.75, 3.05) is 13.6 Å². The highest BCUT2D eigenvalue weighted by Gasteiger charge is 2.31. The average molecular weight is 276 g/mol. The Morgan fingerprint density at radius 3 is 2.50 bits per heavy atom. The van der Waals surface area contributed by atoms with Crippen molar-refractivity contribution in [3.05, 3.63) is 11.3 Å². The van der Waals surface area contributed by atoms with Crippen molar-refractivity contribution in [3.8, 4) is 0 Å². The first-order chi connectivity index (χ1) is 8.17. The third-order valence-corrected chi connectivity index (χ3v) is 3.89. The van der Waals surface area contributed by atoms with E-state index in [-0.39, 0.29) is 5.69 Å². The Kier molecular flexibility index (Phi) is 3.72. The minimum Gasteiger partial charge on any atom is -0.478 e. The van der Waals surface area contributed by atoms with Crippen LogP contribution in [0.3, 0.4) is 0 Å². The SMILES string of the molecule is Cc1[nH]nc(S(=O)(=O)N(C)CC(N)=O)c1C(=O)O. The van der Waals surface area contributed by atoms with Crippen molar-refractivity contribution in [2.45, 2.75) is 11.9 Å². The summed E-state index contributed by atoms with van der Waals surface area (Å²) >= 11 is 0. The van der Waals surface area contributed by atoms with Crippen molar-refractivity contribution in [2.24, 2.45) is 5.73 Å². The molecule has 100 valence electrons. The van der Waals surface area contributed by atoms with E-state index >= 15 is 0 Å². The van der Waals surface area contributed by atoms with E-state index in [4.69, 9.17) is 10.8 Å². The van der Waals surface area contributed by atoms with Crippen molar-refractivity contribution in [1.82, 2.24) is 14.5 Å². The highest BCUT2D eigenvalue weighted by Crippen LogP contribution is 2.19. The number of sulfonamides is 1. The van der Waals surface area contributed by atoms with Crippen LogP contribution in [0, 0.1) is 6.92 Å². The molecule has 1 heterocycles. The topological polar surface area (TPSA) is 146 Å². The number of carboxylic acid groups (broad SMARTS) is 1. The summed E-state index contributed by atoms with van der Waals surface area (Å²) in [5.74, 6) is -2.28. The van der Waals surface area contributed by atoms with Gasteiger partial charge in [-0.25, -0.2) is 13.2 Å². The standard InChI is InChI=1S/C8H12N4O5S/c1-4-6(8(14)15)7(11-10-4)18(16,17)12(2)3-5(9)13/h3H2,1-2H3,(H2,9,13)(H,10,11)(H,14,15). The molecule has 1 amide bonds. The van der Waals surface area contributed by atoms with E-state index in [0.29, 0.717) is 4.31 Å². The molecule has 0 fully saturated rings.